The van der Waals surface area contributed by atoms with Gasteiger partial charge in [-0.05, 0) is 44.7 Å². The maximum atomic E-state index is 13.0. The fourth-order valence-corrected chi connectivity index (χ4v) is 4.32. The fourth-order valence-electron chi connectivity index (χ4n) is 4.32. The number of carbonyl (C=O) groups is 1. The zero-order valence-electron chi connectivity index (χ0n) is 14.0. The first kappa shape index (κ1) is 15.1. The molecule has 1 saturated carbocycles. The molecule has 3 fully saturated rings. The van der Waals surface area contributed by atoms with Crippen LogP contribution in [0.3, 0.4) is 0 Å². The second-order valence-electron chi connectivity index (χ2n) is 7.61. The molecule has 6 heteroatoms. The number of amides is 1. The van der Waals surface area contributed by atoms with E-state index in [9.17, 15) is 4.79 Å². The van der Waals surface area contributed by atoms with Gasteiger partial charge in [0.1, 0.15) is 5.60 Å². The Balaban J connectivity index is 1.46. The number of hydrogen-bond donors (Lipinski definition) is 1. The molecule has 2 aliphatic heterocycles. The lowest BCUT2D eigenvalue weighted by atomic mass is 9.91. The zero-order chi connectivity index (χ0) is 16.1. The first-order chi connectivity index (χ1) is 11.0. The summed E-state index contributed by atoms with van der Waals surface area (Å²) in [4.78, 5) is 15.0. The maximum Gasteiger partial charge on any atom is 0.226 e. The van der Waals surface area contributed by atoms with Crippen molar-refractivity contribution in [2.24, 2.45) is 18.4 Å². The number of aromatic nitrogens is 2. The average Bonchev–Trinajstić information content (AvgIpc) is 3.03. The summed E-state index contributed by atoms with van der Waals surface area (Å²) in [5.41, 5.74) is 0.897. The van der Waals surface area contributed by atoms with E-state index in [-0.39, 0.29) is 5.92 Å². The van der Waals surface area contributed by atoms with Gasteiger partial charge in [-0.1, -0.05) is 0 Å². The number of hydrogen-bond acceptors (Lipinski definition) is 4. The summed E-state index contributed by atoms with van der Waals surface area (Å²) in [6.45, 7) is 6.11. The summed E-state index contributed by atoms with van der Waals surface area (Å²) < 4.78 is 7.81. The molecule has 0 radical (unpaired) electrons. The number of carbonyl (C=O) groups excluding carboxylic acids is 1. The molecule has 126 valence electrons. The normalized spacial score (nSPS) is 33.0. The lowest BCUT2D eigenvalue weighted by Gasteiger charge is -2.40. The SMILES string of the molecule is Cn1cc(C2(C)CN(C(=O)C3CC34CCNCC4)CCO2)cn1. The Kier molecular flexibility index (Phi) is 3.50. The lowest BCUT2D eigenvalue weighted by molar-refractivity contribution is -0.151. The van der Waals surface area contributed by atoms with E-state index in [0.29, 0.717) is 31.0 Å². The third kappa shape index (κ3) is 2.58. The van der Waals surface area contributed by atoms with Crippen LogP contribution in [0.4, 0.5) is 0 Å². The molecule has 0 bridgehead atoms. The van der Waals surface area contributed by atoms with Crippen LogP contribution < -0.4 is 5.32 Å². The van der Waals surface area contributed by atoms with Crippen molar-refractivity contribution < 1.29 is 9.53 Å². The molecule has 1 aliphatic carbocycles. The van der Waals surface area contributed by atoms with Crippen LogP contribution in [0, 0.1) is 11.3 Å². The van der Waals surface area contributed by atoms with Crippen LogP contribution in [0.1, 0.15) is 31.7 Å². The van der Waals surface area contributed by atoms with Crippen LogP contribution in [-0.4, -0.2) is 53.4 Å². The van der Waals surface area contributed by atoms with E-state index in [1.807, 2.05) is 24.3 Å². The van der Waals surface area contributed by atoms with Crippen LogP contribution in [0.15, 0.2) is 12.4 Å². The standard InChI is InChI=1S/C17H26N4O2/c1-16(13-10-19-20(2)11-13)12-21(7-8-23-16)15(22)14-9-17(14)3-5-18-6-4-17/h10-11,14,18H,3-9,12H2,1-2H3. The van der Waals surface area contributed by atoms with Crippen LogP contribution in [0.25, 0.3) is 0 Å². The minimum absolute atomic E-state index is 0.237. The van der Waals surface area contributed by atoms with Crippen molar-refractivity contribution in [1.29, 1.82) is 0 Å². The van der Waals surface area contributed by atoms with Crippen LogP contribution in [-0.2, 0) is 22.2 Å². The van der Waals surface area contributed by atoms with Gasteiger partial charge in [0.25, 0.3) is 0 Å². The Labute approximate surface area is 137 Å². The van der Waals surface area contributed by atoms with E-state index in [4.69, 9.17) is 4.74 Å². The molecular weight excluding hydrogens is 292 g/mol. The highest BCUT2D eigenvalue weighted by Gasteiger charge is 2.59. The second kappa shape index (κ2) is 5.31. The Morgan fingerprint density at radius 1 is 1.43 bits per heavy atom. The third-order valence-electron chi connectivity index (χ3n) is 5.99. The smallest absolute Gasteiger partial charge is 0.226 e. The van der Waals surface area contributed by atoms with Gasteiger partial charge in [-0.3, -0.25) is 9.48 Å². The van der Waals surface area contributed by atoms with Gasteiger partial charge in [-0.25, -0.2) is 0 Å². The number of ether oxygens (including phenoxy) is 1. The van der Waals surface area contributed by atoms with Gasteiger partial charge in [-0.2, -0.15) is 5.10 Å². The van der Waals surface area contributed by atoms with E-state index < -0.39 is 5.60 Å². The van der Waals surface area contributed by atoms with E-state index >= 15 is 0 Å². The monoisotopic (exact) mass is 318 g/mol. The fraction of sp³-hybridized carbons (Fsp3) is 0.765. The summed E-state index contributed by atoms with van der Waals surface area (Å²) in [5, 5.41) is 7.65. The van der Waals surface area contributed by atoms with Crippen LogP contribution in [0.5, 0.6) is 0 Å². The molecule has 1 spiro atoms. The van der Waals surface area contributed by atoms with E-state index in [1.54, 1.807) is 4.68 Å². The third-order valence-corrected chi connectivity index (χ3v) is 5.99. The second-order valence-corrected chi connectivity index (χ2v) is 7.61. The number of aryl methyl sites for hydroxylation is 1. The predicted molar refractivity (Wildman–Crippen MR) is 85.7 cm³/mol. The Hall–Kier alpha value is -1.40. The molecule has 2 unspecified atom stereocenters. The minimum Gasteiger partial charge on any atom is -0.367 e. The minimum atomic E-state index is -0.446. The van der Waals surface area contributed by atoms with Gasteiger partial charge in [0.15, 0.2) is 0 Å². The Bertz CT molecular complexity index is 607. The molecule has 1 aromatic rings. The van der Waals surface area contributed by atoms with Gasteiger partial charge in [0.2, 0.25) is 5.91 Å². The van der Waals surface area contributed by atoms with E-state index in [0.717, 1.165) is 37.9 Å². The molecular formula is C17H26N4O2. The molecule has 4 rings (SSSR count). The summed E-state index contributed by atoms with van der Waals surface area (Å²) in [6.07, 6.45) is 7.20. The van der Waals surface area contributed by atoms with Crippen molar-refractivity contribution in [2.75, 3.05) is 32.8 Å². The van der Waals surface area contributed by atoms with Gasteiger partial charge in [0.05, 0.1) is 19.3 Å². The zero-order valence-corrected chi connectivity index (χ0v) is 14.0. The van der Waals surface area contributed by atoms with Gasteiger partial charge < -0.3 is 15.0 Å². The highest BCUT2D eigenvalue weighted by molar-refractivity contribution is 5.83. The van der Waals surface area contributed by atoms with Crippen LogP contribution >= 0.6 is 0 Å². The number of nitrogens with zero attached hydrogens (tertiary/aromatic N) is 3. The molecule has 1 N–H and O–H groups in total. The first-order valence-electron chi connectivity index (χ1n) is 8.65. The molecule has 0 aromatic carbocycles. The molecule has 3 heterocycles. The van der Waals surface area contributed by atoms with Crippen molar-refractivity contribution in [1.82, 2.24) is 20.0 Å². The molecule has 1 amide bonds. The number of morpholine rings is 1. The molecule has 2 atom stereocenters. The molecule has 23 heavy (non-hydrogen) atoms. The molecule has 3 aliphatic rings. The van der Waals surface area contributed by atoms with Crippen molar-refractivity contribution in [3.63, 3.8) is 0 Å². The Morgan fingerprint density at radius 2 is 2.22 bits per heavy atom. The van der Waals surface area contributed by atoms with Crippen molar-refractivity contribution in [3.05, 3.63) is 18.0 Å². The van der Waals surface area contributed by atoms with E-state index in [1.165, 1.54) is 0 Å². The Morgan fingerprint density at radius 3 is 2.91 bits per heavy atom. The van der Waals surface area contributed by atoms with E-state index in [2.05, 4.69) is 17.3 Å². The van der Waals surface area contributed by atoms with Gasteiger partial charge >= 0.3 is 0 Å². The van der Waals surface area contributed by atoms with Gasteiger partial charge in [-0.15, -0.1) is 0 Å². The molecule has 1 aromatic heterocycles. The number of nitrogens with one attached hydrogen (secondary N) is 1. The molecule has 6 nitrogen and oxygen atoms in total. The summed E-state index contributed by atoms with van der Waals surface area (Å²) in [6, 6.07) is 0. The summed E-state index contributed by atoms with van der Waals surface area (Å²) >= 11 is 0. The summed E-state index contributed by atoms with van der Waals surface area (Å²) in [7, 11) is 1.91. The quantitative estimate of drug-likeness (QED) is 0.879. The largest absolute Gasteiger partial charge is 0.367 e. The number of rotatable bonds is 2. The average molecular weight is 318 g/mol. The summed E-state index contributed by atoms with van der Waals surface area (Å²) in [5.74, 6) is 0.575. The highest BCUT2D eigenvalue weighted by atomic mass is 16.5. The predicted octanol–water partition coefficient (Wildman–Crippen LogP) is 0.884. The van der Waals surface area contributed by atoms with Gasteiger partial charge in [0, 0.05) is 31.3 Å². The van der Waals surface area contributed by atoms with Crippen LogP contribution in [0.2, 0.25) is 0 Å². The number of piperidine rings is 1. The first-order valence-corrected chi connectivity index (χ1v) is 8.65. The highest BCUT2D eigenvalue weighted by Crippen LogP contribution is 2.59. The topological polar surface area (TPSA) is 59.4 Å². The molecule has 2 saturated heterocycles. The van der Waals surface area contributed by atoms with Crippen molar-refractivity contribution >= 4 is 5.91 Å². The lowest BCUT2D eigenvalue weighted by Crippen LogP contribution is -2.51. The van der Waals surface area contributed by atoms with Crippen molar-refractivity contribution in [3.8, 4) is 0 Å². The maximum absolute atomic E-state index is 13.0. The van der Waals surface area contributed by atoms with Crippen molar-refractivity contribution in [2.45, 2.75) is 31.8 Å².